The monoisotopic (exact) mass is 294 g/mol. The Morgan fingerprint density at radius 2 is 1.68 bits per heavy atom. The zero-order valence-corrected chi connectivity index (χ0v) is 12.9. The summed E-state index contributed by atoms with van der Waals surface area (Å²) in [5.74, 6) is 0.558. The van der Waals surface area contributed by atoms with Gasteiger partial charge in [-0.2, -0.15) is 0 Å². The van der Waals surface area contributed by atoms with E-state index in [1.165, 1.54) is 0 Å². The van der Waals surface area contributed by atoms with Crippen LogP contribution in [0.1, 0.15) is 19.4 Å². The second-order valence-electron chi connectivity index (χ2n) is 5.67. The minimum Gasteiger partial charge on any atom is -0.431 e. The molecule has 0 aromatic heterocycles. The van der Waals surface area contributed by atoms with Crippen LogP contribution in [0.15, 0.2) is 48.5 Å². The van der Waals surface area contributed by atoms with Crippen molar-refractivity contribution in [2.24, 2.45) is 0 Å². The van der Waals surface area contributed by atoms with Crippen LogP contribution in [0.5, 0.6) is 5.75 Å². The summed E-state index contributed by atoms with van der Waals surface area (Å²) in [5, 5.41) is 3.89. The van der Waals surface area contributed by atoms with Crippen molar-refractivity contribution in [2.75, 3.05) is 0 Å². The van der Waals surface area contributed by atoms with Crippen molar-refractivity contribution in [1.82, 2.24) is 0 Å². The first-order valence-corrected chi connectivity index (χ1v) is 7.35. The smallest absolute Gasteiger partial charge is 0.431 e. The summed E-state index contributed by atoms with van der Waals surface area (Å²) in [6.07, 6.45) is -0.885. The van der Waals surface area contributed by atoms with Crippen LogP contribution >= 0.6 is 0 Å². The Balaban J connectivity index is 2.21. The summed E-state index contributed by atoms with van der Waals surface area (Å²) in [7, 11) is 0. The van der Waals surface area contributed by atoms with E-state index >= 15 is 0 Å². The van der Waals surface area contributed by atoms with Gasteiger partial charge in [0.05, 0.1) is 6.10 Å². The van der Waals surface area contributed by atoms with Crippen molar-refractivity contribution < 1.29 is 14.3 Å². The fraction of sp³-hybridized carbons (Fsp3) is 0.211. The van der Waals surface area contributed by atoms with Crippen molar-refractivity contribution in [3.63, 3.8) is 0 Å². The molecule has 3 heteroatoms. The highest BCUT2D eigenvalue weighted by atomic mass is 16.7. The Hall–Kier alpha value is -2.55. The molecule has 0 atom stereocenters. The lowest BCUT2D eigenvalue weighted by atomic mass is 10.0. The maximum atomic E-state index is 12.0. The molecular weight excluding hydrogens is 276 g/mol. The number of hydrogen-bond donors (Lipinski definition) is 0. The third kappa shape index (κ3) is 2.75. The number of carbonyl (C=O) groups excluding carboxylic acids is 1. The molecule has 0 aliphatic carbocycles. The molecule has 0 fully saturated rings. The maximum Gasteiger partial charge on any atom is 0.514 e. The fourth-order valence-electron chi connectivity index (χ4n) is 2.54. The third-order valence-corrected chi connectivity index (χ3v) is 3.49. The summed E-state index contributed by atoms with van der Waals surface area (Å²) in [5.41, 5.74) is 1.12. The Kier molecular flexibility index (Phi) is 3.72. The molecule has 3 nitrogen and oxygen atoms in total. The summed E-state index contributed by atoms with van der Waals surface area (Å²) < 4.78 is 10.7. The highest BCUT2D eigenvalue weighted by Gasteiger charge is 2.15. The fourth-order valence-corrected chi connectivity index (χ4v) is 2.54. The zero-order chi connectivity index (χ0) is 15.7. The van der Waals surface area contributed by atoms with E-state index in [-0.39, 0.29) is 6.10 Å². The number of aryl methyl sites for hydroxylation is 1. The molecule has 0 aliphatic rings. The van der Waals surface area contributed by atoms with Crippen LogP contribution in [0.4, 0.5) is 4.79 Å². The molecule has 0 amide bonds. The van der Waals surface area contributed by atoms with Crippen molar-refractivity contribution in [3.8, 4) is 5.75 Å². The minimum atomic E-state index is -0.672. The van der Waals surface area contributed by atoms with Gasteiger partial charge in [0.15, 0.2) is 0 Å². The molecule has 0 N–H and O–H groups in total. The van der Waals surface area contributed by atoms with Crippen LogP contribution in [-0.4, -0.2) is 12.3 Å². The topological polar surface area (TPSA) is 35.5 Å². The first-order chi connectivity index (χ1) is 10.5. The predicted molar refractivity (Wildman–Crippen MR) is 88.4 cm³/mol. The van der Waals surface area contributed by atoms with Gasteiger partial charge in [-0.3, -0.25) is 0 Å². The van der Waals surface area contributed by atoms with E-state index in [2.05, 4.69) is 6.07 Å². The molecule has 0 heterocycles. The minimum absolute atomic E-state index is 0.213. The second kappa shape index (κ2) is 5.68. The van der Waals surface area contributed by atoms with Crippen LogP contribution in [0.2, 0.25) is 0 Å². The molecule has 0 bridgehead atoms. The molecule has 3 rings (SSSR count). The summed E-state index contributed by atoms with van der Waals surface area (Å²) in [6, 6.07) is 16.1. The lowest BCUT2D eigenvalue weighted by molar-refractivity contribution is 0.0737. The lowest BCUT2D eigenvalue weighted by Crippen LogP contribution is -2.15. The van der Waals surface area contributed by atoms with Crippen molar-refractivity contribution in [2.45, 2.75) is 26.9 Å². The Morgan fingerprint density at radius 3 is 2.45 bits per heavy atom. The lowest BCUT2D eigenvalue weighted by Gasteiger charge is -2.13. The largest absolute Gasteiger partial charge is 0.514 e. The van der Waals surface area contributed by atoms with Crippen LogP contribution in [0.25, 0.3) is 21.5 Å². The molecule has 0 saturated carbocycles. The summed E-state index contributed by atoms with van der Waals surface area (Å²) >= 11 is 0. The molecule has 0 saturated heterocycles. The normalized spacial score (nSPS) is 11.1. The van der Waals surface area contributed by atoms with Gasteiger partial charge in [0.1, 0.15) is 5.75 Å². The van der Waals surface area contributed by atoms with Gasteiger partial charge in [-0.25, -0.2) is 4.79 Å². The number of benzene rings is 3. The van der Waals surface area contributed by atoms with Crippen LogP contribution < -0.4 is 4.74 Å². The molecule has 3 aromatic rings. The average molecular weight is 294 g/mol. The summed E-state index contributed by atoms with van der Waals surface area (Å²) in [6.45, 7) is 5.62. The number of carbonyl (C=O) groups is 1. The first-order valence-electron chi connectivity index (χ1n) is 7.35. The highest BCUT2D eigenvalue weighted by Crippen LogP contribution is 2.35. The predicted octanol–water partition coefficient (Wildman–Crippen LogP) is 5.23. The standard InChI is InChI=1S/C19H18O3/c1-12(2)21-19(20)22-18-16-7-5-4-6-14(16)11-15-9-8-13(3)10-17(15)18/h4-12H,1-3H3. The molecule has 0 unspecified atom stereocenters. The molecule has 112 valence electrons. The second-order valence-corrected chi connectivity index (χ2v) is 5.67. The van der Waals surface area contributed by atoms with E-state index < -0.39 is 6.16 Å². The van der Waals surface area contributed by atoms with Gasteiger partial charge >= 0.3 is 6.16 Å². The van der Waals surface area contributed by atoms with Gasteiger partial charge in [0.25, 0.3) is 0 Å². The van der Waals surface area contributed by atoms with Crippen molar-refractivity contribution in [3.05, 3.63) is 54.1 Å². The van der Waals surface area contributed by atoms with Crippen molar-refractivity contribution in [1.29, 1.82) is 0 Å². The Morgan fingerprint density at radius 1 is 0.955 bits per heavy atom. The van der Waals surface area contributed by atoms with E-state index in [4.69, 9.17) is 9.47 Å². The number of fused-ring (bicyclic) bond motifs is 2. The number of ether oxygens (including phenoxy) is 2. The molecule has 3 aromatic carbocycles. The van der Waals surface area contributed by atoms with E-state index in [0.717, 1.165) is 27.1 Å². The average Bonchev–Trinajstić information content (AvgIpc) is 2.47. The van der Waals surface area contributed by atoms with Gasteiger partial charge in [0.2, 0.25) is 0 Å². The van der Waals surface area contributed by atoms with Crippen LogP contribution in [0, 0.1) is 6.92 Å². The quantitative estimate of drug-likeness (QED) is 0.369. The first kappa shape index (κ1) is 14.4. The van der Waals surface area contributed by atoms with Crippen LogP contribution in [-0.2, 0) is 4.74 Å². The van der Waals surface area contributed by atoms with Crippen molar-refractivity contribution >= 4 is 27.7 Å². The van der Waals surface area contributed by atoms with Gasteiger partial charge in [-0.05, 0) is 43.7 Å². The molecule has 22 heavy (non-hydrogen) atoms. The SMILES string of the molecule is Cc1ccc2cc3ccccc3c(OC(=O)OC(C)C)c2c1. The third-order valence-electron chi connectivity index (χ3n) is 3.49. The van der Waals surface area contributed by atoms with E-state index in [1.54, 1.807) is 13.8 Å². The van der Waals surface area contributed by atoms with E-state index in [0.29, 0.717) is 5.75 Å². The van der Waals surface area contributed by atoms with Gasteiger partial charge in [0, 0.05) is 10.8 Å². The van der Waals surface area contributed by atoms with Crippen LogP contribution in [0.3, 0.4) is 0 Å². The van der Waals surface area contributed by atoms with Gasteiger partial charge in [-0.15, -0.1) is 0 Å². The Bertz CT molecular complexity index is 850. The number of hydrogen-bond acceptors (Lipinski definition) is 3. The molecule has 0 aliphatic heterocycles. The zero-order valence-electron chi connectivity index (χ0n) is 12.9. The molecule has 0 radical (unpaired) electrons. The Labute approximate surface area is 129 Å². The van der Waals surface area contributed by atoms with E-state index in [1.807, 2.05) is 49.4 Å². The van der Waals surface area contributed by atoms with Gasteiger partial charge in [-0.1, -0.05) is 42.0 Å². The molecule has 0 spiro atoms. The molecular formula is C19H18O3. The number of rotatable bonds is 2. The van der Waals surface area contributed by atoms with E-state index in [9.17, 15) is 4.79 Å². The maximum absolute atomic E-state index is 12.0. The highest BCUT2D eigenvalue weighted by molar-refractivity contribution is 6.06. The van der Waals surface area contributed by atoms with Gasteiger partial charge < -0.3 is 9.47 Å². The summed E-state index contributed by atoms with van der Waals surface area (Å²) in [4.78, 5) is 12.0.